The molecule has 50 valence electrons. The van der Waals surface area contributed by atoms with Crippen molar-refractivity contribution < 1.29 is 4.79 Å². The molecule has 0 heterocycles. The minimum atomic E-state index is 0.213. The summed E-state index contributed by atoms with van der Waals surface area (Å²) in [7, 11) is 0. The third-order valence-corrected chi connectivity index (χ3v) is 1.93. The van der Waals surface area contributed by atoms with Gasteiger partial charge in [-0.3, -0.25) is 4.79 Å². The molecule has 0 fully saturated rings. The minimum absolute atomic E-state index is 0.213. The van der Waals surface area contributed by atoms with Crippen LogP contribution >= 0.6 is 0 Å². The van der Waals surface area contributed by atoms with Gasteiger partial charge >= 0.3 is 0 Å². The molecule has 0 amide bonds. The van der Waals surface area contributed by atoms with E-state index in [0.29, 0.717) is 11.7 Å². The fourth-order valence-corrected chi connectivity index (χ4v) is 1.31. The fourth-order valence-electron chi connectivity index (χ4n) is 1.31. The number of ketones is 1. The van der Waals surface area contributed by atoms with E-state index in [1.54, 1.807) is 6.92 Å². The maximum Gasteiger partial charge on any atom is 0.136 e. The van der Waals surface area contributed by atoms with E-state index in [4.69, 9.17) is 0 Å². The van der Waals surface area contributed by atoms with Crippen molar-refractivity contribution in [1.29, 1.82) is 0 Å². The molecule has 2 atom stereocenters. The smallest absolute Gasteiger partial charge is 0.136 e. The number of Topliss-reactive ketones (excluding diaryl/α,β-unsaturated/α-hetero) is 1. The largest absolute Gasteiger partial charge is 0.299 e. The lowest BCUT2D eigenvalue weighted by molar-refractivity contribution is -0.120. The van der Waals surface area contributed by atoms with Gasteiger partial charge in [-0.05, 0) is 19.3 Å². The summed E-state index contributed by atoms with van der Waals surface area (Å²) in [6.07, 6.45) is 5.19. The average Bonchev–Trinajstić information content (AvgIpc) is 2.13. The zero-order valence-corrected chi connectivity index (χ0v) is 5.92. The predicted octanol–water partition coefficient (Wildman–Crippen LogP) is 1.79. The van der Waals surface area contributed by atoms with Crippen LogP contribution in [0, 0.1) is 11.8 Å². The maximum atomic E-state index is 10.8. The van der Waals surface area contributed by atoms with E-state index in [1.165, 1.54) is 0 Å². The van der Waals surface area contributed by atoms with Crippen LogP contribution in [0.15, 0.2) is 12.2 Å². The van der Waals surface area contributed by atoms with E-state index in [2.05, 4.69) is 13.0 Å². The monoisotopic (exact) mass is 124 g/mol. The van der Waals surface area contributed by atoms with Crippen molar-refractivity contribution in [3.8, 4) is 0 Å². The first kappa shape index (κ1) is 6.53. The molecule has 0 saturated carbocycles. The summed E-state index contributed by atoms with van der Waals surface area (Å²) >= 11 is 0. The molecule has 0 aliphatic heterocycles. The third-order valence-electron chi connectivity index (χ3n) is 1.93. The average molecular weight is 124 g/mol. The Morgan fingerprint density at radius 1 is 1.67 bits per heavy atom. The summed E-state index contributed by atoms with van der Waals surface area (Å²) < 4.78 is 0. The Morgan fingerprint density at radius 3 is 2.56 bits per heavy atom. The highest BCUT2D eigenvalue weighted by Gasteiger charge is 2.21. The first-order valence-electron chi connectivity index (χ1n) is 3.39. The molecule has 0 N–H and O–H groups in total. The van der Waals surface area contributed by atoms with Crippen molar-refractivity contribution in [2.45, 2.75) is 20.3 Å². The molecule has 0 aromatic heterocycles. The minimum Gasteiger partial charge on any atom is -0.299 e. The van der Waals surface area contributed by atoms with Gasteiger partial charge in [0.25, 0.3) is 0 Å². The van der Waals surface area contributed by atoms with Gasteiger partial charge in [0, 0.05) is 5.92 Å². The molecule has 1 heteroatoms. The summed E-state index contributed by atoms with van der Waals surface area (Å²) in [6, 6.07) is 0. The Balaban J connectivity index is 2.59. The van der Waals surface area contributed by atoms with Gasteiger partial charge in [0.05, 0.1) is 0 Å². The lowest BCUT2D eigenvalue weighted by Gasteiger charge is -2.08. The van der Waals surface area contributed by atoms with Crippen molar-refractivity contribution in [3.05, 3.63) is 12.2 Å². The van der Waals surface area contributed by atoms with Crippen LogP contribution in [-0.2, 0) is 4.79 Å². The first-order chi connectivity index (χ1) is 4.22. The highest BCUT2D eigenvalue weighted by Crippen LogP contribution is 2.24. The second kappa shape index (κ2) is 2.34. The van der Waals surface area contributed by atoms with Gasteiger partial charge in [-0.2, -0.15) is 0 Å². The highest BCUT2D eigenvalue weighted by atomic mass is 16.1. The number of carbonyl (C=O) groups is 1. The lowest BCUT2D eigenvalue weighted by Crippen LogP contribution is -2.12. The molecule has 0 spiro atoms. The van der Waals surface area contributed by atoms with Crippen LogP contribution in [0.1, 0.15) is 20.3 Å². The predicted molar refractivity (Wildman–Crippen MR) is 37.1 cm³/mol. The molecule has 1 rings (SSSR count). The Morgan fingerprint density at radius 2 is 2.33 bits per heavy atom. The van der Waals surface area contributed by atoms with Gasteiger partial charge in [0.15, 0.2) is 0 Å². The third kappa shape index (κ3) is 1.21. The molecule has 0 radical (unpaired) electrons. The van der Waals surface area contributed by atoms with Gasteiger partial charge in [-0.15, -0.1) is 0 Å². The number of allylic oxidation sites excluding steroid dienone is 2. The topological polar surface area (TPSA) is 17.1 Å². The maximum absolute atomic E-state index is 10.8. The Hall–Kier alpha value is -0.590. The van der Waals surface area contributed by atoms with Crippen LogP contribution in [0.25, 0.3) is 0 Å². The zero-order chi connectivity index (χ0) is 6.85. The lowest BCUT2D eigenvalue weighted by atomic mass is 9.94. The van der Waals surface area contributed by atoms with Crippen molar-refractivity contribution >= 4 is 5.78 Å². The van der Waals surface area contributed by atoms with E-state index in [0.717, 1.165) is 6.42 Å². The Bertz CT molecular complexity index is 147. The van der Waals surface area contributed by atoms with Crippen LogP contribution in [0.3, 0.4) is 0 Å². The number of hydrogen-bond donors (Lipinski definition) is 0. The van der Waals surface area contributed by atoms with Crippen LogP contribution in [0.2, 0.25) is 0 Å². The van der Waals surface area contributed by atoms with Gasteiger partial charge in [-0.25, -0.2) is 0 Å². The van der Waals surface area contributed by atoms with Crippen molar-refractivity contribution in [2.24, 2.45) is 11.8 Å². The summed E-state index contributed by atoms with van der Waals surface area (Å²) in [6.45, 7) is 3.78. The molecule has 1 nitrogen and oxygen atoms in total. The molecule has 0 bridgehead atoms. The normalized spacial score (nSPS) is 33.1. The van der Waals surface area contributed by atoms with Crippen molar-refractivity contribution in [3.63, 3.8) is 0 Å². The summed E-state index contributed by atoms with van der Waals surface area (Å²) in [4.78, 5) is 10.8. The summed E-state index contributed by atoms with van der Waals surface area (Å²) in [5.41, 5.74) is 0. The molecule has 0 saturated heterocycles. The molecular formula is C8H12O. The SMILES string of the molecule is CC(=O)C1C=CCC1C. The van der Waals surface area contributed by atoms with Crippen molar-refractivity contribution in [1.82, 2.24) is 0 Å². The molecular weight excluding hydrogens is 112 g/mol. The summed E-state index contributed by atoms with van der Waals surface area (Å²) in [5, 5.41) is 0. The van der Waals surface area contributed by atoms with Crippen LogP contribution in [0.5, 0.6) is 0 Å². The fraction of sp³-hybridized carbons (Fsp3) is 0.625. The van der Waals surface area contributed by atoms with Crippen LogP contribution in [-0.4, -0.2) is 5.78 Å². The highest BCUT2D eigenvalue weighted by molar-refractivity contribution is 5.80. The van der Waals surface area contributed by atoms with E-state index in [1.807, 2.05) is 6.08 Å². The summed E-state index contributed by atoms with van der Waals surface area (Å²) in [5.74, 6) is 1.06. The second-order valence-electron chi connectivity index (χ2n) is 2.78. The van der Waals surface area contributed by atoms with Crippen LogP contribution < -0.4 is 0 Å². The van der Waals surface area contributed by atoms with E-state index >= 15 is 0 Å². The second-order valence-corrected chi connectivity index (χ2v) is 2.78. The van der Waals surface area contributed by atoms with Gasteiger partial charge in [0.2, 0.25) is 0 Å². The molecule has 9 heavy (non-hydrogen) atoms. The molecule has 1 aliphatic rings. The molecule has 0 aromatic rings. The molecule has 1 aliphatic carbocycles. The van der Waals surface area contributed by atoms with Crippen LogP contribution in [0.4, 0.5) is 0 Å². The van der Waals surface area contributed by atoms with Crippen molar-refractivity contribution in [2.75, 3.05) is 0 Å². The standard InChI is InChI=1S/C8H12O/c1-6-4-3-5-8(6)7(2)9/h3,5-6,8H,4H2,1-2H3. The quantitative estimate of drug-likeness (QED) is 0.487. The Labute approximate surface area is 55.8 Å². The van der Waals surface area contributed by atoms with Gasteiger partial charge in [-0.1, -0.05) is 19.1 Å². The van der Waals surface area contributed by atoms with Gasteiger partial charge < -0.3 is 0 Å². The molecule has 2 unspecified atom stereocenters. The zero-order valence-electron chi connectivity index (χ0n) is 5.92. The number of carbonyl (C=O) groups excluding carboxylic acids is 1. The number of rotatable bonds is 1. The van der Waals surface area contributed by atoms with E-state index in [9.17, 15) is 4.79 Å². The number of hydrogen-bond acceptors (Lipinski definition) is 1. The first-order valence-corrected chi connectivity index (χ1v) is 3.39. The van der Waals surface area contributed by atoms with Gasteiger partial charge in [0.1, 0.15) is 5.78 Å². The Kier molecular flexibility index (Phi) is 1.70. The molecule has 0 aromatic carbocycles. The van der Waals surface area contributed by atoms with E-state index < -0.39 is 0 Å². The van der Waals surface area contributed by atoms with E-state index in [-0.39, 0.29) is 5.92 Å².